The predicted molar refractivity (Wildman–Crippen MR) is 55.0 cm³/mol. The van der Waals surface area contributed by atoms with Gasteiger partial charge in [-0.05, 0) is 24.5 Å². The van der Waals surface area contributed by atoms with E-state index in [1.807, 2.05) is 31.2 Å². The molecular formula is C11H15NO2. The van der Waals surface area contributed by atoms with Gasteiger partial charge in [-0.1, -0.05) is 24.3 Å². The van der Waals surface area contributed by atoms with Crippen molar-refractivity contribution in [2.45, 2.75) is 25.8 Å². The molecule has 1 aromatic rings. The van der Waals surface area contributed by atoms with E-state index >= 15 is 0 Å². The lowest BCUT2D eigenvalue weighted by Crippen LogP contribution is -2.09. The van der Waals surface area contributed by atoms with Crippen LogP contribution in [0.2, 0.25) is 0 Å². The first-order chi connectivity index (χ1) is 6.61. The third-order valence-corrected chi connectivity index (χ3v) is 2.15. The average Bonchev–Trinajstić information content (AvgIpc) is 2.15. The van der Waals surface area contributed by atoms with Gasteiger partial charge < -0.3 is 10.8 Å². The maximum absolute atomic E-state index is 10.4. The summed E-state index contributed by atoms with van der Waals surface area (Å²) in [6.45, 7) is 1.90. The molecule has 0 fully saturated rings. The van der Waals surface area contributed by atoms with Gasteiger partial charge in [0.25, 0.3) is 0 Å². The van der Waals surface area contributed by atoms with Crippen LogP contribution >= 0.6 is 0 Å². The summed E-state index contributed by atoms with van der Waals surface area (Å²) in [6, 6.07) is 7.66. The van der Waals surface area contributed by atoms with Crippen LogP contribution in [-0.2, 0) is 11.2 Å². The number of aryl methyl sites for hydroxylation is 1. The Kier molecular flexibility index (Phi) is 3.65. The van der Waals surface area contributed by atoms with Crippen LogP contribution in [0.1, 0.15) is 30.5 Å². The molecule has 1 aromatic carbocycles. The minimum atomic E-state index is -0.774. The standard InChI is InChI=1S/C11H15NO2/c1-8(12)10-5-3-2-4-9(10)6-7-11(13)14/h2-5,8H,6-7,12H2,1H3,(H,13,14)/t8-/m1/s1. The van der Waals surface area contributed by atoms with Crippen molar-refractivity contribution in [3.63, 3.8) is 0 Å². The van der Waals surface area contributed by atoms with E-state index in [-0.39, 0.29) is 12.5 Å². The molecular weight excluding hydrogens is 178 g/mol. The van der Waals surface area contributed by atoms with E-state index in [9.17, 15) is 4.79 Å². The number of aliphatic carboxylic acids is 1. The first kappa shape index (κ1) is 10.7. The molecule has 0 aromatic heterocycles. The van der Waals surface area contributed by atoms with Crippen molar-refractivity contribution in [2.24, 2.45) is 5.73 Å². The molecule has 0 spiro atoms. The van der Waals surface area contributed by atoms with Crippen LogP contribution in [0.3, 0.4) is 0 Å². The molecule has 0 aliphatic heterocycles. The lowest BCUT2D eigenvalue weighted by molar-refractivity contribution is -0.136. The van der Waals surface area contributed by atoms with Crippen LogP contribution in [0.15, 0.2) is 24.3 Å². The number of hydrogen-bond acceptors (Lipinski definition) is 2. The summed E-state index contributed by atoms with van der Waals surface area (Å²) in [7, 11) is 0. The fourth-order valence-corrected chi connectivity index (χ4v) is 1.45. The van der Waals surface area contributed by atoms with Crippen LogP contribution < -0.4 is 5.73 Å². The predicted octanol–water partition coefficient (Wildman–Crippen LogP) is 1.72. The Bertz CT molecular complexity index is 321. The second-order valence-corrected chi connectivity index (χ2v) is 3.38. The quantitative estimate of drug-likeness (QED) is 0.765. The smallest absolute Gasteiger partial charge is 0.303 e. The molecule has 0 saturated carbocycles. The summed E-state index contributed by atoms with van der Waals surface area (Å²) >= 11 is 0. The van der Waals surface area contributed by atoms with Crippen molar-refractivity contribution in [3.05, 3.63) is 35.4 Å². The SMILES string of the molecule is C[C@@H](N)c1ccccc1CCC(=O)O. The Morgan fingerprint density at radius 2 is 2.14 bits per heavy atom. The van der Waals surface area contributed by atoms with Crippen molar-refractivity contribution in [3.8, 4) is 0 Å². The number of nitrogens with two attached hydrogens (primary N) is 1. The first-order valence-electron chi connectivity index (χ1n) is 4.66. The van der Waals surface area contributed by atoms with Crippen LogP contribution in [0, 0.1) is 0 Å². The summed E-state index contributed by atoms with van der Waals surface area (Å²) in [4.78, 5) is 10.4. The van der Waals surface area contributed by atoms with Crippen molar-refractivity contribution in [1.29, 1.82) is 0 Å². The normalized spacial score (nSPS) is 12.4. The molecule has 0 unspecified atom stereocenters. The van der Waals surface area contributed by atoms with E-state index in [4.69, 9.17) is 10.8 Å². The average molecular weight is 193 g/mol. The van der Waals surface area contributed by atoms with Crippen molar-refractivity contribution >= 4 is 5.97 Å². The Hall–Kier alpha value is -1.35. The topological polar surface area (TPSA) is 63.3 Å². The third-order valence-electron chi connectivity index (χ3n) is 2.15. The largest absolute Gasteiger partial charge is 0.481 e. The van der Waals surface area contributed by atoms with Gasteiger partial charge in [0.2, 0.25) is 0 Å². The van der Waals surface area contributed by atoms with Gasteiger partial charge in [0, 0.05) is 12.5 Å². The second kappa shape index (κ2) is 4.77. The zero-order valence-electron chi connectivity index (χ0n) is 8.23. The van der Waals surface area contributed by atoms with Gasteiger partial charge in [-0.25, -0.2) is 0 Å². The Morgan fingerprint density at radius 1 is 1.50 bits per heavy atom. The highest BCUT2D eigenvalue weighted by atomic mass is 16.4. The molecule has 0 aliphatic rings. The Labute approximate surface area is 83.6 Å². The minimum Gasteiger partial charge on any atom is -0.481 e. The summed E-state index contributed by atoms with van der Waals surface area (Å²) in [5, 5.41) is 8.57. The molecule has 1 rings (SSSR count). The highest BCUT2D eigenvalue weighted by Gasteiger charge is 2.07. The van der Waals surface area contributed by atoms with Gasteiger partial charge in [-0.2, -0.15) is 0 Å². The lowest BCUT2D eigenvalue weighted by Gasteiger charge is -2.11. The van der Waals surface area contributed by atoms with Gasteiger partial charge in [0.05, 0.1) is 0 Å². The molecule has 0 aliphatic carbocycles. The van der Waals surface area contributed by atoms with E-state index in [0.29, 0.717) is 6.42 Å². The van der Waals surface area contributed by atoms with Crippen molar-refractivity contribution in [1.82, 2.24) is 0 Å². The summed E-state index contributed by atoms with van der Waals surface area (Å²) in [5.74, 6) is -0.774. The number of carboxylic acids is 1. The first-order valence-corrected chi connectivity index (χ1v) is 4.66. The number of rotatable bonds is 4. The van der Waals surface area contributed by atoms with Crippen LogP contribution in [0.4, 0.5) is 0 Å². The molecule has 3 N–H and O–H groups in total. The molecule has 1 atom stereocenters. The van der Waals surface area contributed by atoms with Gasteiger partial charge in [-0.3, -0.25) is 4.79 Å². The van der Waals surface area contributed by atoms with Gasteiger partial charge in [0.1, 0.15) is 0 Å². The van der Waals surface area contributed by atoms with Crippen LogP contribution in [-0.4, -0.2) is 11.1 Å². The number of hydrogen-bond donors (Lipinski definition) is 2. The summed E-state index contributed by atoms with van der Waals surface area (Å²) < 4.78 is 0. The Balaban J connectivity index is 2.79. The van der Waals surface area contributed by atoms with Crippen molar-refractivity contribution < 1.29 is 9.90 Å². The summed E-state index contributed by atoms with van der Waals surface area (Å²) in [6.07, 6.45) is 0.705. The molecule has 0 radical (unpaired) electrons. The minimum absolute atomic E-state index is 0.0417. The molecule has 0 heterocycles. The van der Waals surface area contributed by atoms with Crippen molar-refractivity contribution in [2.75, 3.05) is 0 Å². The number of carboxylic acid groups (broad SMARTS) is 1. The fourth-order valence-electron chi connectivity index (χ4n) is 1.45. The highest BCUT2D eigenvalue weighted by Crippen LogP contribution is 2.16. The molecule has 3 nitrogen and oxygen atoms in total. The molecule has 0 amide bonds. The van der Waals surface area contributed by atoms with Crippen LogP contribution in [0.5, 0.6) is 0 Å². The van der Waals surface area contributed by atoms with E-state index in [2.05, 4.69) is 0 Å². The monoisotopic (exact) mass is 193 g/mol. The third kappa shape index (κ3) is 2.85. The van der Waals surface area contributed by atoms with Gasteiger partial charge >= 0.3 is 5.97 Å². The maximum Gasteiger partial charge on any atom is 0.303 e. The molecule has 0 bridgehead atoms. The molecule has 14 heavy (non-hydrogen) atoms. The number of carbonyl (C=O) groups is 1. The second-order valence-electron chi connectivity index (χ2n) is 3.38. The molecule has 76 valence electrons. The fraction of sp³-hybridized carbons (Fsp3) is 0.364. The van der Waals surface area contributed by atoms with E-state index in [1.54, 1.807) is 0 Å². The Morgan fingerprint density at radius 3 is 2.71 bits per heavy atom. The van der Waals surface area contributed by atoms with Gasteiger partial charge in [0.15, 0.2) is 0 Å². The zero-order chi connectivity index (χ0) is 10.6. The van der Waals surface area contributed by atoms with Gasteiger partial charge in [-0.15, -0.1) is 0 Å². The van der Waals surface area contributed by atoms with Crippen LogP contribution in [0.25, 0.3) is 0 Å². The number of benzene rings is 1. The van der Waals surface area contributed by atoms with E-state index in [0.717, 1.165) is 11.1 Å². The summed E-state index contributed by atoms with van der Waals surface area (Å²) in [5.41, 5.74) is 7.84. The maximum atomic E-state index is 10.4. The zero-order valence-corrected chi connectivity index (χ0v) is 8.23. The van der Waals surface area contributed by atoms with E-state index in [1.165, 1.54) is 0 Å². The van der Waals surface area contributed by atoms with E-state index < -0.39 is 5.97 Å². The molecule has 3 heteroatoms. The lowest BCUT2D eigenvalue weighted by atomic mass is 9.98. The highest BCUT2D eigenvalue weighted by molar-refractivity contribution is 5.67. The molecule has 0 saturated heterocycles.